The van der Waals surface area contributed by atoms with E-state index in [0.29, 0.717) is 15.7 Å². The molecule has 1 atom stereocenters. The highest BCUT2D eigenvalue weighted by atomic mass is 32.2. The summed E-state index contributed by atoms with van der Waals surface area (Å²) in [4.78, 5) is 0. The summed E-state index contributed by atoms with van der Waals surface area (Å²) < 4.78 is 20.1. The zero-order valence-corrected chi connectivity index (χ0v) is 9.67. The number of rotatable bonds is 3. The van der Waals surface area contributed by atoms with E-state index in [2.05, 4.69) is 0 Å². The third-order valence-corrected chi connectivity index (χ3v) is 2.84. The van der Waals surface area contributed by atoms with E-state index in [1.165, 1.54) is 0 Å². The van der Waals surface area contributed by atoms with E-state index >= 15 is 0 Å². The predicted molar refractivity (Wildman–Crippen MR) is 66.9 cm³/mol. The van der Waals surface area contributed by atoms with Gasteiger partial charge in [0, 0.05) is 5.56 Å². The molecule has 0 aliphatic rings. The van der Waals surface area contributed by atoms with Gasteiger partial charge in [-0.05, 0) is 11.6 Å². The first-order valence-corrected chi connectivity index (χ1v) is 6.01. The van der Waals surface area contributed by atoms with Gasteiger partial charge < -0.3 is 0 Å². The third-order valence-electron chi connectivity index (χ3n) is 2.34. The summed E-state index contributed by atoms with van der Waals surface area (Å²) >= 11 is -2.46. The van der Waals surface area contributed by atoms with Crippen molar-refractivity contribution in [2.24, 2.45) is 0 Å². The van der Waals surface area contributed by atoms with Gasteiger partial charge in [0.05, 0.1) is 5.69 Å². The minimum absolute atomic E-state index is 0.291. The lowest BCUT2D eigenvalue weighted by Crippen LogP contribution is -2.20. The third kappa shape index (κ3) is 2.52. The highest BCUT2D eigenvalue weighted by Gasteiger charge is 2.13. The molecular formula is C12H11NO3S. The summed E-state index contributed by atoms with van der Waals surface area (Å²) in [6, 6.07) is 16.2. The molecule has 0 aromatic heterocycles. The van der Waals surface area contributed by atoms with Gasteiger partial charge in [-0.25, -0.2) is 4.21 Å². The average molecular weight is 249 g/mol. The molecule has 0 amide bonds. The fraction of sp³-hybridized carbons (Fsp3) is 0. The number of para-hydroxylation sites is 1. The van der Waals surface area contributed by atoms with E-state index in [1.54, 1.807) is 24.3 Å². The van der Waals surface area contributed by atoms with Crippen LogP contribution in [0.15, 0.2) is 54.6 Å². The molecule has 88 valence electrons. The highest BCUT2D eigenvalue weighted by molar-refractivity contribution is 7.80. The van der Waals surface area contributed by atoms with Crippen molar-refractivity contribution < 1.29 is 14.0 Å². The Morgan fingerprint density at radius 2 is 1.53 bits per heavy atom. The minimum Gasteiger partial charge on any atom is -0.288 e. The molecule has 0 spiro atoms. The molecule has 17 heavy (non-hydrogen) atoms. The molecule has 0 radical (unpaired) electrons. The normalized spacial score (nSPS) is 12.1. The van der Waals surface area contributed by atoms with Gasteiger partial charge in [-0.3, -0.25) is 9.76 Å². The first kappa shape index (κ1) is 11.8. The van der Waals surface area contributed by atoms with Crippen molar-refractivity contribution in [1.82, 2.24) is 0 Å². The van der Waals surface area contributed by atoms with Crippen LogP contribution < -0.4 is 4.47 Å². The van der Waals surface area contributed by atoms with Crippen molar-refractivity contribution in [1.29, 1.82) is 0 Å². The summed E-state index contributed by atoms with van der Waals surface area (Å²) in [6.45, 7) is 0. The molecule has 2 aromatic carbocycles. The Kier molecular flexibility index (Phi) is 3.53. The SMILES string of the molecule is O=S(O)N(O)c1ccccc1-c1ccccc1. The first-order chi connectivity index (χ1) is 8.20. The molecule has 0 saturated heterocycles. The minimum atomic E-state index is -2.46. The number of anilines is 1. The quantitative estimate of drug-likeness (QED) is 0.649. The first-order valence-electron chi connectivity index (χ1n) is 4.94. The molecule has 1 unspecified atom stereocenters. The maximum Gasteiger partial charge on any atom is 0.286 e. The smallest absolute Gasteiger partial charge is 0.286 e. The van der Waals surface area contributed by atoms with Gasteiger partial charge in [0.25, 0.3) is 11.3 Å². The predicted octanol–water partition coefficient (Wildman–Crippen LogP) is 2.69. The Labute approximate surface area is 102 Å². The Morgan fingerprint density at radius 1 is 0.941 bits per heavy atom. The van der Waals surface area contributed by atoms with Crippen LogP contribution in [-0.2, 0) is 11.3 Å². The van der Waals surface area contributed by atoms with Crippen molar-refractivity contribution in [3.8, 4) is 11.1 Å². The zero-order chi connectivity index (χ0) is 12.3. The van der Waals surface area contributed by atoms with Gasteiger partial charge >= 0.3 is 0 Å². The van der Waals surface area contributed by atoms with Crippen LogP contribution in [0.25, 0.3) is 11.1 Å². The van der Waals surface area contributed by atoms with E-state index in [9.17, 15) is 9.42 Å². The number of hydrogen-bond donors (Lipinski definition) is 2. The summed E-state index contributed by atoms with van der Waals surface area (Å²) in [5.41, 5.74) is 1.85. The molecule has 2 aromatic rings. The van der Waals surface area contributed by atoms with Gasteiger partial charge in [0.2, 0.25) is 0 Å². The monoisotopic (exact) mass is 249 g/mol. The van der Waals surface area contributed by atoms with Gasteiger partial charge in [-0.1, -0.05) is 48.5 Å². The molecule has 5 heteroatoms. The lowest BCUT2D eigenvalue weighted by atomic mass is 10.0. The molecule has 0 heterocycles. The molecule has 2 rings (SSSR count). The van der Waals surface area contributed by atoms with Crippen LogP contribution in [-0.4, -0.2) is 14.0 Å². The molecule has 0 bridgehead atoms. The van der Waals surface area contributed by atoms with Gasteiger partial charge in [-0.2, -0.15) is 0 Å². The largest absolute Gasteiger partial charge is 0.288 e. The zero-order valence-electron chi connectivity index (χ0n) is 8.85. The second-order valence-corrected chi connectivity index (χ2v) is 4.19. The van der Waals surface area contributed by atoms with Crippen molar-refractivity contribution in [3.63, 3.8) is 0 Å². The van der Waals surface area contributed by atoms with Crippen LogP contribution in [0.4, 0.5) is 5.69 Å². The topological polar surface area (TPSA) is 60.8 Å². The number of hydrogen-bond acceptors (Lipinski definition) is 2. The molecule has 0 saturated carbocycles. The van der Waals surface area contributed by atoms with E-state index in [4.69, 9.17) is 4.55 Å². The molecule has 0 aliphatic carbocycles. The van der Waals surface area contributed by atoms with Crippen LogP contribution in [0.3, 0.4) is 0 Å². The van der Waals surface area contributed by atoms with E-state index in [1.807, 2.05) is 30.3 Å². The maximum atomic E-state index is 10.9. The van der Waals surface area contributed by atoms with Crippen molar-refractivity contribution in [2.75, 3.05) is 4.47 Å². The van der Waals surface area contributed by atoms with Crippen LogP contribution in [0.5, 0.6) is 0 Å². The van der Waals surface area contributed by atoms with Crippen LogP contribution >= 0.6 is 0 Å². The number of nitrogens with zero attached hydrogens (tertiary/aromatic N) is 1. The van der Waals surface area contributed by atoms with Gasteiger partial charge in [-0.15, -0.1) is 4.47 Å². The van der Waals surface area contributed by atoms with E-state index in [-0.39, 0.29) is 0 Å². The van der Waals surface area contributed by atoms with Crippen LogP contribution in [0, 0.1) is 0 Å². The Morgan fingerprint density at radius 3 is 2.18 bits per heavy atom. The summed E-state index contributed by atoms with van der Waals surface area (Å²) in [5, 5.41) is 9.52. The second kappa shape index (κ2) is 5.09. The molecular weight excluding hydrogens is 238 g/mol. The number of benzene rings is 2. The molecule has 0 aliphatic heterocycles. The summed E-state index contributed by atoms with van der Waals surface area (Å²) in [7, 11) is 0. The Balaban J connectivity index is 2.52. The van der Waals surface area contributed by atoms with Gasteiger partial charge in [0.1, 0.15) is 0 Å². The second-order valence-electron chi connectivity index (χ2n) is 3.39. The fourth-order valence-corrected chi connectivity index (χ4v) is 1.91. The fourth-order valence-electron chi connectivity index (χ4n) is 1.59. The van der Waals surface area contributed by atoms with Crippen LogP contribution in [0.2, 0.25) is 0 Å². The standard InChI is InChI=1S/C12H11NO3S/c14-13(17(15)16)12-9-5-4-8-11(12)10-6-2-1-3-7-10/h1-9,14H,(H,15,16). The van der Waals surface area contributed by atoms with Crippen molar-refractivity contribution in [2.45, 2.75) is 0 Å². The maximum absolute atomic E-state index is 10.9. The van der Waals surface area contributed by atoms with Crippen LogP contribution in [0.1, 0.15) is 0 Å². The molecule has 0 fully saturated rings. The van der Waals surface area contributed by atoms with Gasteiger partial charge in [0.15, 0.2) is 0 Å². The lowest BCUT2D eigenvalue weighted by molar-refractivity contribution is 0.312. The lowest BCUT2D eigenvalue weighted by Gasteiger charge is -2.15. The highest BCUT2D eigenvalue weighted by Crippen LogP contribution is 2.30. The summed E-state index contributed by atoms with van der Waals surface area (Å²) in [6.07, 6.45) is 0. The molecule has 2 N–H and O–H groups in total. The average Bonchev–Trinajstić information content (AvgIpc) is 2.39. The van der Waals surface area contributed by atoms with Crippen molar-refractivity contribution >= 4 is 17.0 Å². The van der Waals surface area contributed by atoms with Crippen molar-refractivity contribution in [3.05, 3.63) is 54.6 Å². The molecule has 4 nitrogen and oxygen atoms in total. The summed E-state index contributed by atoms with van der Waals surface area (Å²) in [5.74, 6) is 0. The Bertz CT molecular complexity index is 530. The van der Waals surface area contributed by atoms with E-state index in [0.717, 1.165) is 5.56 Å². The Hall–Kier alpha value is -1.69. The van der Waals surface area contributed by atoms with E-state index < -0.39 is 11.3 Å².